The number of likely N-dealkylation sites (tertiary alicyclic amines) is 1. The van der Waals surface area contributed by atoms with E-state index in [1.165, 1.54) is 19.4 Å². The number of benzene rings is 1. The Morgan fingerprint density at radius 3 is 2.71 bits per heavy atom. The van der Waals surface area contributed by atoms with Crippen LogP contribution in [0.25, 0.3) is 0 Å². The van der Waals surface area contributed by atoms with Crippen molar-refractivity contribution in [2.24, 2.45) is 5.92 Å². The number of hydrogen-bond donors (Lipinski definition) is 0. The van der Waals surface area contributed by atoms with Gasteiger partial charge in [-0.3, -0.25) is 4.90 Å². The van der Waals surface area contributed by atoms with Crippen LogP contribution in [0.15, 0.2) is 30.3 Å². The molecule has 0 amide bonds. The van der Waals surface area contributed by atoms with Crippen molar-refractivity contribution < 1.29 is 0 Å². The molecule has 0 radical (unpaired) electrons. The first-order valence-corrected chi connectivity index (χ1v) is 6.53. The number of piperidine rings is 1. The molecule has 1 aromatic rings. The lowest BCUT2D eigenvalue weighted by atomic mass is 9.95. The zero-order chi connectivity index (χ0) is 12.1. The van der Waals surface area contributed by atoms with Crippen LogP contribution in [-0.4, -0.2) is 24.0 Å². The first-order valence-electron chi connectivity index (χ1n) is 6.53. The smallest absolute Gasteiger partial charge is 0.0607 e. The van der Waals surface area contributed by atoms with Gasteiger partial charge in [0.1, 0.15) is 0 Å². The monoisotopic (exact) mass is 227 g/mol. The third-order valence-corrected chi connectivity index (χ3v) is 3.54. The van der Waals surface area contributed by atoms with Gasteiger partial charge in [-0.25, -0.2) is 0 Å². The van der Waals surface area contributed by atoms with E-state index in [1.54, 1.807) is 0 Å². The van der Waals surface area contributed by atoms with Crippen LogP contribution in [0.4, 0.5) is 0 Å². The largest absolute Gasteiger partial charge is 0.289 e. The summed E-state index contributed by atoms with van der Waals surface area (Å²) in [5.41, 5.74) is 1.12. The molecule has 0 unspecified atom stereocenters. The Bertz CT molecular complexity index is 399. The average Bonchev–Trinajstić information content (AvgIpc) is 2.35. The summed E-state index contributed by atoms with van der Waals surface area (Å²) in [5.74, 6) is 7.36. The molecule has 17 heavy (non-hydrogen) atoms. The van der Waals surface area contributed by atoms with Gasteiger partial charge in [0.05, 0.1) is 6.54 Å². The zero-order valence-electron chi connectivity index (χ0n) is 10.8. The SMILES string of the molecule is C[C@H]1CC[C@@H](C)N(CC#Cc2ccccc2)C1. The van der Waals surface area contributed by atoms with Crippen molar-refractivity contribution in [3.8, 4) is 11.8 Å². The summed E-state index contributed by atoms with van der Waals surface area (Å²) in [6.45, 7) is 6.75. The lowest BCUT2D eigenvalue weighted by Gasteiger charge is -2.35. The van der Waals surface area contributed by atoms with E-state index in [9.17, 15) is 0 Å². The predicted octanol–water partition coefficient (Wildman–Crippen LogP) is 3.16. The van der Waals surface area contributed by atoms with Crippen molar-refractivity contribution >= 4 is 0 Å². The summed E-state index contributed by atoms with van der Waals surface area (Å²) < 4.78 is 0. The summed E-state index contributed by atoms with van der Waals surface area (Å²) in [6, 6.07) is 10.9. The van der Waals surface area contributed by atoms with E-state index in [2.05, 4.69) is 42.7 Å². The van der Waals surface area contributed by atoms with Crippen LogP contribution < -0.4 is 0 Å². The van der Waals surface area contributed by atoms with Crippen LogP contribution in [0.3, 0.4) is 0 Å². The van der Waals surface area contributed by atoms with Gasteiger partial charge in [-0.05, 0) is 37.8 Å². The van der Waals surface area contributed by atoms with Crippen LogP contribution in [0.2, 0.25) is 0 Å². The maximum Gasteiger partial charge on any atom is 0.0607 e. The van der Waals surface area contributed by atoms with E-state index in [0.717, 1.165) is 18.0 Å². The average molecular weight is 227 g/mol. The minimum absolute atomic E-state index is 0.691. The Morgan fingerprint density at radius 1 is 1.18 bits per heavy atom. The second-order valence-electron chi connectivity index (χ2n) is 5.13. The third kappa shape index (κ3) is 3.61. The first-order chi connectivity index (χ1) is 8.25. The van der Waals surface area contributed by atoms with Gasteiger partial charge in [0, 0.05) is 18.2 Å². The highest BCUT2D eigenvalue weighted by Gasteiger charge is 2.21. The van der Waals surface area contributed by atoms with E-state index < -0.39 is 0 Å². The molecule has 0 spiro atoms. The molecular formula is C16H21N. The highest BCUT2D eigenvalue weighted by Crippen LogP contribution is 2.20. The molecule has 2 rings (SSSR count). The fourth-order valence-corrected chi connectivity index (χ4v) is 2.36. The lowest BCUT2D eigenvalue weighted by Crippen LogP contribution is -2.41. The molecule has 0 saturated carbocycles. The van der Waals surface area contributed by atoms with Gasteiger partial charge in [-0.15, -0.1) is 0 Å². The van der Waals surface area contributed by atoms with Crippen molar-refractivity contribution in [3.05, 3.63) is 35.9 Å². The summed E-state index contributed by atoms with van der Waals surface area (Å²) in [7, 11) is 0. The molecule has 90 valence electrons. The number of nitrogens with zero attached hydrogens (tertiary/aromatic N) is 1. The van der Waals surface area contributed by atoms with Gasteiger partial charge in [-0.2, -0.15) is 0 Å². The fourth-order valence-electron chi connectivity index (χ4n) is 2.36. The van der Waals surface area contributed by atoms with E-state index in [4.69, 9.17) is 0 Å². The Morgan fingerprint density at radius 2 is 1.94 bits per heavy atom. The normalized spacial score (nSPS) is 25.1. The van der Waals surface area contributed by atoms with Crippen molar-refractivity contribution in [3.63, 3.8) is 0 Å². The van der Waals surface area contributed by atoms with Crippen LogP contribution in [-0.2, 0) is 0 Å². The Kier molecular flexibility index (Phi) is 4.23. The number of hydrogen-bond acceptors (Lipinski definition) is 1. The maximum atomic E-state index is 3.30. The van der Waals surface area contributed by atoms with E-state index in [1.807, 2.05) is 18.2 Å². The summed E-state index contributed by atoms with van der Waals surface area (Å²) in [4.78, 5) is 2.50. The first kappa shape index (κ1) is 12.2. The predicted molar refractivity (Wildman–Crippen MR) is 72.8 cm³/mol. The second-order valence-corrected chi connectivity index (χ2v) is 5.13. The molecule has 1 aliphatic rings. The number of rotatable bonds is 1. The van der Waals surface area contributed by atoms with Crippen molar-refractivity contribution in [2.75, 3.05) is 13.1 Å². The zero-order valence-corrected chi connectivity index (χ0v) is 10.8. The van der Waals surface area contributed by atoms with Gasteiger partial charge < -0.3 is 0 Å². The van der Waals surface area contributed by atoms with Gasteiger partial charge in [0.2, 0.25) is 0 Å². The Hall–Kier alpha value is -1.26. The highest BCUT2D eigenvalue weighted by molar-refractivity contribution is 5.33. The molecule has 1 saturated heterocycles. The molecule has 1 heterocycles. The fraction of sp³-hybridized carbons (Fsp3) is 0.500. The van der Waals surface area contributed by atoms with E-state index in [-0.39, 0.29) is 0 Å². The molecule has 1 aromatic carbocycles. The third-order valence-electron chi connectivity index (χ3n) is 3.54. The summed E-state index contributed by atoms with van der Waals surface area (Å²) >= 11 is 0. The van der Waals surface area contributed by atoms with Gasteiger partial charge >= 0.3 is 0 Å². The molecule has 2 atom stereocenters. The van der Waals surface area contributed by atoms with Crippen molar-refractivity contribution in [1.29, 1.82) is 0 Å². The molecule has 0 N–H and O–H groups in total. The maximum absolute atomic E-state index is 3.30. The van der Waals surface area contributed by atoms with Crippen LogP contribution in [0.5, 0.6) is 0 Å². The van der Waals surface area contributed by atoms with Crippen LogP contribution in [0.1, 0.15) is 32.3 Å². The quantitative estimate of drug-likeness (QED) is 0.666. The highest BCUT2D eigenvalue weighted by atomic mass is 15.2. The van der Waals surface area contributed by atoms with E-state index in [0.29, 0.717) is 6.04 Å². The molecule has 1 aliphatic heterocycles. The van der Waals surface area contributed by atoms with Crippen molar-refractivity contribution in [1.82, 2.24) is 4.90 Å². The molecular weight excluding hydrogens is 206 g/mol. The Labute approximate surface area is 105 Å². The summed E-state index contributed by atoms with van der Waals surface area (Å²) in [5, 5.41) is 0. The topological polar surface area (TPSA) is 3.24 Å². The molecule has 0 aromatic heterocycles. The molecule has 1 fully saturated rings. The Balaban J connectivity index is 1.91. The van der Waals surface area contributed by atoms with Gasteiger partial charge in [-0.1, -0.05) is 37.0 Å². The minimum Gasteiger partial charge on any atom is -0.289 e. The second kappa shape index (κ2) is 5.89. The van der Waals surface area contributed by atoms with Crippen LogP contribution >= 0.6 is 0 Å². The molecule has 0 aliphatic carbocycles. The van der Waals surface area contributed by atoms with Gasteiger partial charge in [0.15, 0.2) is 0 Å². The van der Waals surface area contributed by atoms with Crippen molar-refractivity contribution in [2.45, 2.75) is 32.7 Å². The summed E-state index contributed by atoms with van der Waals surface area (Å²) in [6.07, 6.45) is 2.68. The molecule has 1 heteroatoms. The lowest BCUT2D eigenvalue weighted by molar-refractivity contribution is 0.142. The van der Waals surface area contributed by atoms with Crippen LogP contribution in [0, 0.1) is 17.8 Å². The standard InChI is InChI=1S/C16H21N/c1-14-10-11-15(2)17(13-14)12-6-9-16-7-4-3-5-8-16/h3-5,7-8,14-15H,10-13H2,1-2H3/t14-,15+/m0/s1. The molecule has 1 nitrogen and oxygen atoms in total. The molecule has 0 bridgehead atoms. The van der Waals surface area contributed by atoms with Gasteiger partial charge in [0.25, 0.3) is 0 Å². The van der Waals surface area contributed by atoms with E-state index >= 15 is 0 Å². The minimum atomic E-state index is 0.691.